The van der Waals surface area contributed by atoms with E-state index in [1.54, 1.807) is 0 Å². The van der Waals surface area contributed by atoms with Crippen LogP contribution in [-0.2, 0) is 6.42 Å². The first-order valence-corrected chi connectivity index (χ1v) is 5.84. The van der Waals surface area contributed by atoms with Gasteiger partial charge in [-0.25, -0.2) is 0 Å². The van der Waals surface area contributed by atoms with E-state index < -0.39 is 0 Å². The van der Waals surface area contributed by atoms with Gasteiger partial charge in [0.15, 0.2) is 0 Å². The van der Waals surface area contributed by atoms with E-state index in [9.17, 15) is 0 Å². The van der Waals surface area contributed by atoms with Crippen molar-refractivity contribution < 1.29 is 0 Å². The summed E-state index contributed by atoms with van der Waals surface area (Å²) in [6.45, 7) is 4.21. The molecule has 0 amide bonds. The molecule has 1 heterocycles. The Morgan fingerprint density at radius 1 is 1.57 bits per heavy atom. The van der Waals surface area contributed by atoms with Gasteiger partial charge in [-0.15, -0.1) is 0 Å². The molecule has 1 aliphatic heterocycles. The number of fused-ring (bicyclic) bond motifs is 1. The quantitative estimate of drug-likeness (QED) is 0.847. The number of benzene rings is 1. The zero-order valence-electron chi connectivity index (χ0n) is 8.31. The minimum atomic E-state index is 0.577. The van der Waals surface area contributed by atoms with Crippen LogP contribution in [0.25, 0.3) is 0 Å². The van der Waals surface area contributed by atoms with Gasteiger partial charge in [0.1, 0.15) is 0 Å². The Morgan fingerprint density at radius 3 is 3.21 bits per heavy atom. The first-order chi connectivity index (χ1) is 6.79. The van der Waals surface area contributed by atoms with Crippen LogP contribution in [-0.4, -0.2) is 19.1 Å². The van der Waals surface area contributed by atoms with Crippen molar-refractivity contribution in [2.75, 3.05) is 18.4 Å². The van der Waals surface area contributed by atoms with Gasteiger partial charge in [-0.05, 0) is 30.7 Å². The highest BCUT2D eigenvalue weighted by Crippen LogP contribution is 2.25. The highest BCUT2D eigenvalue weighted by molar-refractivity contribution is 9.10. The minimum absolute atomic E-state index is 0.577. The lowest BCUT2D eigenvalue weighted by atomic mass is 10.00. The summed E-state index contributed by atoms with van der Waals surface area (Å²) in [6.07, 6.45) is 1.13. The topological polar surface area (TPSA) is 24.1 Å². The summed E-state index contributed by atoms with van der Waals surface area (Å²) in [6, 6.07) is 7.02. The number of hydrogen-bond acceptors (Lipinski definition) is 2. The fourth-order valence-electron chi connectivity index (χ4n) is 1.90. The van der Waals surface area contributed by atoms with E-state index in [1.807, 2.05) is 0 Å². The van der Waals surface area contributed by atoms with Gasteiger partial charge in [-0.2, -0.15) is 0 Å². The third-order valence-corrected chi connectivity index (χ3v) is 3.06. The first-order valence-electron chi connectivity index (χ1n) is 5.05. The van der Waals surface area contributed by atoms with Gasteiger partial charge in [-0.1, -0.05) is 28.9 Å². The van der Waals surface area contributed by atoms with E-state index in [0.717, 1.165) is 24.0 Å². The van der Waals surface area contributed by atoms with E-state index in [2.05, 4.69) is 51.7 Å². The highest BCUT2D eigenvalue weighted by Gasteiger charge is 2.16. The summed E-state index contributed by atoms with van der Waals surface area (Å²) in [5.41, 5.74) is 2.68. The third kappa shape index (κ3) is 2.10. The molecule has 0 aromatic heterocycles. The molecule has 1 aliphatic rings. The normalized spacial score (nSPS) is 20.0. The molecule has 0 aliphatic carbocycles. The Morgan fingerprint density at radius 2 is 2.43 bits per heavy atom. The second-order valence-electron chi connectivity index (χ2n) is 3.64. The standard InChI is InChI=1S/C11H15BrN2/c1-2-13-10-5-8-3-4-9(12)6-11(8)14-7-10/h3-4,6,10,13-14H,2,5,7H2,1H3. The molecule has 1 unspecified atom stereocenters. The van der Waals surface area contributed by atoms with Gasteiger partial charge in [-0.3, -0.25) is 0 Å². The predicted molar refractivity (Wildman–Crippen MR) is 63.8 cm³/mol. The van der Waals surface area contributed by atoms with Crippen LogP contribution < -0.4 is 10.6 Å². The molecule has 2 N–H and O–H groups in total. The molecule has 0 fully saturated rings. The second kappa shape index (κ2) is 4.32. The van der Waals surface area contributed by atoms with Crippen LogP contribution in [0.4, 0.5) is 5.69 Å². The number of hydrogen-bond donors (Lipinski definition) is 2. The average Bonchev–Trinajstić information content (AvgIpc) is 2.19. The van der Waals surface area contributed by atoms with Crippen molar-refractivity contribution in [2.45, 2.75) is 19.4 Å². The Labute approximate surface area is 93.2 Å². The summed E-state index contributed by atoms with van der Waals surface area (Å²) < 4.78 is 1.14. The Hall–Kier alpha value is -0.540. The van der Waals surface area contributed by atoms with Gasteiger partial charge in [0.05, 0.1) is 0 Å². The van der Waals surface area contributed by atoms with Crippen LogP contribution in [0.1, 0.15) is 12.5 Å². The van der Waals surface area contributed by atoms with E-state index in [0.29, 0.717) is 6.04 Å². The van der Waals surface area contributed by atoms with Crippen molar-refractivity contribution in [3.63, 3.8) is 0 Å². The van der Waals surface area contributed by atoms with Crippen LogP contribution in [0.5, 0.6) is 0 Å². The Balaban J connectivity index is 2.15. The van der Waals surface area contributed by atoms with Gasteiger partial charge in [0, 0.05) is 22.7 Å². The summed E-state index contributed by atoms with van der Waals surface area (Å²) in [5, 5.41) is 6.91. The van der Waals surface area contributed by atoms with E-state index in [-0.39, 0.29) is 0 Å². The first kappa shape index (κ1) is 9.99. The Kier molecular flexibility index (Phi) is 3.08. The lowest BCUT2D eigenvalue weighted by molar-refractivity contribution is 0.534. The van der Waals surface area contributed by atoms with Crippen molar-refractivity contribution >= 4 is 21.6 Å². The molecule has 0 radical (unpaired) electrons. The lowest BCUT2D eigenvalue weighted by Crippen LogP contribution is -2.40. The van der Waals surface area contributed by atoms with Crippen molar-refractivity contribution in [3.05, 3.63) is 28.2 Å². The molecular formula is C11H15BrN2. The molecule has 0 saturated carbocycles. The highest BCUT2D eigenvalue weighted by atomic mass is 79.9. The fraction of sp³-hybridized carbons (Fsp3) is 0.455. The van der Waals surface area contributed by atoms with Crippen LogP contribution >= 0.6 is 15.9 Å². The van der Waals surface area contributed by atoms with Crippen molar-refractivity contribution in [2.24, 2.45) is 0 Å². The number of anilines is 1. The maximum absolute atomic E-state index is 3.48. The molecule has 1 atom stereocenters. The SMILES string of the molecule is CCNC1CNc2cc(Br)ccc2C1. The minimum Gasteiger partial charge on any atom is -0.383 e. The molecule has 14 heavy (non-hydrogen) atoms. The number of likely N-dealkylation sites (N-methyl/N-ethyl adjacent to an activating group) is 1. The number of rotatable bonds is 2. The van der Waals surface area contributed by atoms with Crippen LogP contribution in [0.15, 0.2) is 22.7 Å². The molecular weight excluding hydrogens is 240 g/mol. The lowest BCUT2D eigenvalue weighted by Gasteiger charge is -2.26. The van der Waals surface area contributed by atoms with Gasteiger partial charge in [0.25, 0.3) is 0 Å². The summed E-state index contributed by atoms with van der Waals surface area (Å²) in [7, 11) is 0. The average molecular weight is 255 g/mol. The maximum Gasteiger partial charge on any atom is 0.0385 e. The fourth-order valence-corrected chi connectivity index (χ4v) is 2.26. The summed E-state index contributed by atoms with van der Waals surface area (Å²) >= 11 is 3.48. The number of nitrogens with one attached hydrogen (secondary N) is 2. The second-order valence-corrected chi connectivity index (χ2v) is 4.56. The zero-order valence-corrected chi connectivity index (χ0v) is 9.89. The molecule has 76 valence electrons. The smallest absolute Gasteiger partial charge is 0.0385 e. The van der Waals surface area contributed by atoms with E-state index >= 15 is 0 Å². The van der Waals surface area contributed by atoms with Crippen molar-refractivity contribution in [1.29, 1.82) is 0 Å². The Bertz CT molecular complexity index is 325. The molecule has 0 bridgehead atoms. The molecule has 2 rings (SSSR count). The van der Waals surface area contributed by atoms with Gasteiger partial charge >= 0.3 is 0 Å². The van der Waals surface area contributed by atoms with Crippen LogP contribution in [0, 0.1) is 0 Å². The largest absolute Gasteiger partial charge is 0.383 e. The van der Waals surface area contributed by atoms with Gasteiger partial charge < -0.3 is 10.6 Å². The van der Waals surface area contributed by atoms with Crippen molar-refractivity contribution in [3.8, 4) is 0 Å². The zero-order chi connectivity index (χ0) is 9.97. The van der Waals surface area contributed by atoms with Crippen LogP contribution in [0.3, 0.4) is 0 Å². The molecule has 3 heteroatoms. The van der Waals surface area contributed by atoms with Crippen molar-refractivity contribution in [1.82, 2.24) is 5.32 Å². The summed E-state index contributed by atoms with van der Waals surface area (Å²) in [4.78, 5) is 0. The predicted octanol–water partition coefficient (Wildman–Crippen LogP) is 2.40. The van der Waals surface area contributed by atoms with Crippen LogP contribution in [0.2, 0.25) is 0 Å². The van der Waals surface area contributed by atoms with E-state index in [1.165, 1.54) is 11.3 Å². The molecule has 2 nitrogen and oxygen atoms in total. The molecule has 0 saturated heterocycles. The van der Waals surface area contributed by atoms with E-state index in [4.69, 9.17) is 0 Å². The molecule has 1 aromatic carbocycles. The van der Waals surface area contributed by atoms with Gasteiger partial charge in [0.2, 0.25) is 0 Å². The third-order valence-electron chi connectivity index (χ3n) is 2.57. The monoisotopic (exact) mass is 254 g/mol. The number of halogens is 1. The summed E-state index contributed by atoms with van der Waals surface area (Å²) in [5.74, 6) is 0. The maximum atomic E-state index is 3.48. The molecule has 1 aromatic rings. The molecule has 0 spiro atoms.